The van der Waals surface area contributed by atoms with E-state index in [9.17, 15) is 53.4 Å². The third-order valence-corrected chi connectivity index (χ3v) is 14.6. The summed E-state index contributed by atoms with van der Waals surface area (Å²) in [4.78, 5) is 145. The van der Waals surface area contributed by atoms with Crippen molar-refractivity contribution in [3.63, 3.8) is 0 Å². The van der Waals surface area contributed by atoms with E-state index in [1.54, 1.807) is 12.3 Å². The summed E-state index contributed by atoms with van der Waals surface area (Å²) in [5, 5.41) is 44.5. The van der Waals surface area contributed by atoms with Gasteiger partial charge in [0.05, 0.1) is 47.5 Å². The van der Waals surface area contributed by atoms with E-state index >= 15 is 0 Å². The van der Waals surface area contributed by atoms with Crippen LogP contribution in [0, 0.1) is 19.8 Å². The number of oxazole rings is 3. The van der Waals surface area contributed by atoms with Gasteiger partial charge in [-0.1, -0.05) is 32.4 Å². The van der Waals surface area contributed by atoms with Crippen LogP contribution in [0.5, 0.6) is 0 Å². The van der Waals surface area contributed by atoms with Gasteiger partial charge in [-0.05, 0) is 59.2 Å². The number of hydrogen-bond acceptors (Lipinski definition) is 25. The number of carbonyl (C=O) groups excluding carboxylic acids is 9. The first-order chi connectivity index (χ1) is 42.1. The Kier molecular flexibility index (Phi) is 19.6. The Hall–Kier alpha value is -10.5. The van der Waals surface area contributed by atoms with Crippen LogP contribution in [0.1, 0.15) is 121 Å². The lowest BCUT2D eigenvalue weighted by atomic mass is 10.1. The molecule has 0 radical (unpaired) electrons. The Balaban J connectivity index is 0.984. The minimum absolute atomic E-state index is 0.0123. The van der Waals surface area contributed by atoms with E-state index in [0.29, 0.717) is 5.01 Å². The minimum atomic E-state index is -1.70. The van der Waals surface area contributed by atoms with Gasteiger partial charge in [0, 0.05) is 35.0 Å². The molecule has 0 aromatic carbocycles. The molecule has 0 bridgehead atoms. The molecule has 1 saturated carbocycles. The maximum Gasteiger partial charge on any atom is 0.278 e. The van der Waals surface area contributed by atoms with Crippen LogP contribution in [0.15, 0.2) is 98.0 Å². The molecule has 1 aliphatic carbocycles. The molecule has 7 atom stereocenters. The second kappa shape index (κ2) is 27.1. The molecule has 6 aromatic rings. The summed E-state index contributed by atoms with van der Waals surface area (Å²) in [6.07, 6.45) is 0.170. The lowest BCUT2D eigenvalue weighted by Gasteiger charge is -2.21. The van der Waals surface area contributed by atoms with Crippen molar-refractivity contribution >= 4 is 92.8 Å². The Bertz CT molecular complexity index is 3990. The zero-order valence-electron chi connectivity index (χ0n) is 48.2. The number of nitrogens with one attached hydrogen (secondary N) is 8. The lowest BCUT2D eigenvalue weighted by molar-refractivity contribution is -0.124. The average molecular weight is 1260 g/mol. The molecular formula is C56H58N16O15S2. The van der Waals surface area contributed by atoms with Crippen molar-refractivity contribution < 1.29 is 71.4 Å². The van der Waals surface area contributed by atoms with Crippen LogP contribution in [0.3, 0.4) is 0 Å². The molecule has 33 heteroatoms. The molecule has 0 spiro atoms. The summed E-state index contributed by atoms with van der Waals surface area (Å²) >= 11 is 2.06. The van der Waals surface area contributed by atoms with E-state index in [0.717, 1.165) is 35.0 Å². The maximum absolute atomic E-state index is 14.0. The number of ether oxygens (including phenoxy) is 1. The van der Waals surface area contributed by atoms with Crippen molar-refractivity contribution in [1.29, 1.82) is 0 Å². The predicted octanol–water partition coefficient (Wildman–Crippen LogP) is 1.47. The first-order valence-electron chi connectivity index (χ1n) is 26.6. The van der Waals surface area contributed by atoms with E-state index in [1.165, 1.54) is 58.2 Å². The summed E-state index contributed by atoms with van der Waals surface area (Å²) in [5.74, 6) is -7.96. The van der Waals surface area contributed by atoms with Gasteiger partial charge >= 0.3 is 0 Å². The molecule has 7 unspecified atom stereocenters. The van der Waals surface area contributed by atoms with Crippen molar-refractivity contribution in [1.82, 2.24) is 72.4 Å². The first kappa shape index (κ1) is 64.5. The quantitative estimate of drug-likeness (QED) is 0.0208. The molecule has 1 aliphatic heterocycles. The fourth-order valence-electron chi connectivity index (χ4n) is 7.99. The highest BCUT2D eigenvalue weighted by Crippen LogP contribution is 2.35. The molecule has 8 amide bonds. The van der Waals surface area contributed by atoms with Crippen molar-refractivity contribution in [2.45, 2.75) is 91.1 Å². The van der Waals surface area contributed by atoms with E-state index < -0.39 is 101 Å². The third kappa shape index (κ3) is 15.6. The van der Waals surface area contributed by atoms with Gasteiger partial charge in [0.15, 0.2) is 17.2 Å². The number of nitrogens with zero attached hydrogens (tertiary/aromatic N) is 6. The monoisotopic (exact) mass is 1260 g/mol. The number of aryl methyl sites for hydroxylation is 2. The molecular weight excluding hydrogens is 1200 g/mol. The number of thiazole rings is 2. The number of epoxide rings is 1. The highest BCUT2D eigenvalue weighted by molar-refractivity contribution is 7.13. The van der Waals surface area contributed by atoms with Gasteiger partial charge in [0.25, 0.3) is 35.4 Å². The number of pyridine rings is 1. The number of aliphatic hydroxyl groups is 2. The van der Waals surface area contributed by atoms with Crippen LogP contribution >= 0.6 is 22.7 Å². The molecule has 14 N–H and O–H groups in total. The van der Waals surface area contributed by atoms with Crippen LogP contribution in [-0.2, 0) is 30.5 Å². The molecule has 89 heavy (non-hydrogen) atoms. The summed E-state index contributed by atoms with van der Waals surface area (Å²) in [7, 11) is 0. The average Bonchev–Trinajstić information content (AvgIpc) is 3.01. The number of ketones is 1. The summed E-state index contributed by atoms with van der Waals surface area (Å²) in [6, 6.07) is 0.354. The first-order valence-corrected chi connectivity index (χ1v) is 28.3. The highest BCUT2D eigenvalue weighted by Gasteiger charge is 2.46. The van der Waals surface area contributed by atoms with Crippen molar-refractivity contribution in [2.75, 3.05) is 0 Å². The second-order valence-electron chi connectivity index (χ2n) is 19.9. The topological polar surface area (TPSA) is 472 Å². The summed E-state index contributed by atoms with van der Waals surface area (Å²) in [6.45, 7) is 23.3. The SMILES string of the molecule is C=C(NC(=O)c1nc(/C(N)=C/C)oc1C)C(=O)NC(=C)c1nc(-c2nc(C(=O)NC(=C)C(=O)NC3CC3C(=O)NC(=C)C3OC3N)ccc2-c2nc(C(=O)NC(C(=O)N/C(=C\C(C)O)c3nc(C(=O)NCc4nc(C(C)=O)cs4)c(C)o3)C(C)O)cs2)co1. The molecule has 31 nitrogen and oxygen atoms in total. The maximum atomic E-state index is 14.0. The van der Waals surface area contributed by atoms with E-state index in [-0.39, 0.29) is 121 Å². The number of aliphatic hydroxyl groups excluding tert-OH is 2. The number of carbonyl (C=O) groups is 9. The largest absolute Gasteiger partial charge is 0.443 e. The number of aromatic nitrogens is 6. The van der Waals surface area contributed by atoms with Gasteiger partial charge in [-0.15, -0.1) is 22.7 Å². The van der Waals surface area contributed by atoms with Crippen LogP contribution in [0.2, 0.25) is 0 Å². The van der Waals surface area contributed by atoms with Crippen LogP contribution in [0.25, 0.3) is 39.1 Å². The second-order valence-corrected chi connectivity index (χ2v) is 21.7. The number of hydrogen-bond donors (Lipinski definition) is 12. The Labute approximate surface area is 512 Å². The lowest BCUT2D eigenvalue weighted by Crippen LogP contribution is -2.52. The van der Waals surface area contributed by atoms with E-state index in [1.807, 2.05) is 0 Å². The Morgan fingerprint density at radius 1 is 0.764 bits per heavy atom. The van der Waals surface area contributed by atoms with Gasteiger partial charge in [-0.2, -0.15) is 0 Å². The van der Waals surface area contributed by atoms with E-state index in [2.05, 4.69) is 98.8 Å². The van der Waals surface area contributed by atoms with Crippen LogP contribution in [0.4, 0.5) is 0 Å². The predicted molar refractivity (Wildman–Crippen MR) is 316 cm³/mol. The molecule has 8 rings (SSSR count). The highest BCUT2D eigenvalue weighted by atomic mass is 32.1. The molecule has 7 heterocycles. The Morgan fingerprint density at radius 2 is 1.42 bits per heavy atom. The standard InChI is InChI=1S/C56H58N16O15S2/c1-11-31(57)54-71-41(28(10)85-54)52(83)62-22(4)45(76)63-24(6)53-68-35(17-84-53)42-29(12-13-32(65-42)48(79)61-23(5)46(77)66-33-15-30(33)47(78)60-21(3)43-44(58)87-43)56-69-37(19-89-56)49(80)70-39(26(8)75)51(82)67-34(14-20(2)73)55-72-40(27(9)86-55)50(81)59-16-38-64-36(18-88-38)25(7)74/h11-14,17-20,26,30,33,39,43-44,73,75H,3-6,15-16,57-58H2,1-2,7-10H3,(H,59,81)(H,60,78)(H,61,79)(H,62,83)(H,63,76)(H,66,77)(H,67,82)(H,70,80)/b31-11-,34-14-. The minimum Gasteiger partial charge on any atom is -0.443 e. The molecule has 1 saturated heterocycles. The number of rotatable bonds is 26. The zero-order valence-corrected chi connectivity index (χ0v) is 49.8. The van der Waals surface area contributed by atoms with Crippen molar-refractivity contribution in [3.05, 3.63) is 147 Å². The number of nitrogens with two attached hydrogens (primary N) is 2. The number of allylic oxidation sites excluding steroid dienone is 1. The van der Waals surface area contributed by atoms with Gasteiger partial charge in [-0.3, -0.25) is 43.2 Å². The van der Waals surface area contributed by atoms with Gasteiger partial charge in [0.2, 0.25) is 29.5 Å². The van der Waals surface area contributed by atoms with Gasteiger partial charge in [0.1, 0.15) is 80.3 Å². The summed E-state index contributed by atoms with van der Waals surface area (Å²) < 4.78 is 22.0. The number of amides is 8. The fraction of sp³-hybridized carbons (Fsp3) is 0.268. The fourth-order valence-corrected chi connectivity index (χ4v) is 9.59. The zero-order chi connectivity index (χ0) is 64.9. The molecule has 464 valence electrons. The molecule has 2 fully saturated rings. The smallest absolute Gasteiger partial charge is 0.278 e. The van der Waals surface area contributed by atoms with E-state index in [4.69, 9.17) is 29.5 Å². The van der Waals surface area contributed by atoms with Crippen molar-refractivity contribution in [2.24, 2.45) is 17.4 Å². The van der Waals surface area contributed by atoms with Gasteiger partial charge < -0.3 is 82.2 Å². The molecule has 6 aromatic heterocycles. The Morgan fingerprint density at radius 3 is 2.07 bits per heavy atom. The van der Waals surface area contributed by atoms with Crippen LogP contribution < -0.4 is 54.0 Å². The summed E-state index contributed by atoms with van der Waals surface area (Å²) in [5.41, 5.74) is 9.85. The normalized spacial score (nSPS) is 17.0. The third-order valence-electron chi connectivity index (χ3n) is 12.9. The van der Waals surface area contributed by atoms with Crippen molar-refractivity contribution in [3.8, 4) is 22.0 Å². The van der Waals surface area contributed by atoms with Crippen LogP contribution in [-0.4, -0.2) is 130 Å². The number of Topliss-reactive ketones (excluding diaryl/α,β-unsaturated/α-hetero) is 1. The molecule has 2 aliphatic rings. The van der Waals surface area contributed by atoms with Gasteiger partial charge in [-0.25, -0.2) is 29.9 Å².